The minimum absolute atomic E-state index is 0.0716. The van der Waals surface area contributed by atoms with Gasteiger partial charge in [0.15, 0.2) is 11.5 Å². The van der Waals surface area contributed by atoms with E-state index in [1.54, 1.807) is 34.5 Å². The molecule has 1 N–H and O–H groups in total. The number of carbonyl (C=O) groups is 1. The molecule has 0 saturated heterocycles. The molecule has 1 aliphatic heterocycles. The number of amides is 1. The van der Waals surface area contributed by atoms with Gasteiger partial charge in [-0.2, -0.15) is 0 Å². The van der Waals surface area contributed by atoms with Crippen molar-refractivity contribution in [1.29, 1.82) is 0 Å². The van der Waals surface area contributed by atoms with Crippen molar-refractivity contribution in [3.8, 4) is 23.0 Å². The lowest BCUT2D eigenvalue weighted by Gasteiger charge is -2.30. The van der Waals surface area contributed by atoms with E-state index >= 15 is 0 Å². The van der Waals surface area contributed by atoms with E-state index in [0.29, 0.717) is 29.4 Å². The highest BCUT2D eigenvalue weighted by atomic mass is 16.5. The fraction of sp³-hybridized carbons (Fsp3) is 0.316. The van der Waals surface area contributed by atoms with Gasteiger partial charge >= 0.3 is 0 Å². The topological polar surface area (TPSA) is 66.0 Å². The van der Waals surface area contributed by atoms with E-state index in [9.17, 15) is 4.79 Å². The van der Waals surface area contributed by atoms with Gasteiger partial charge in [-0.1, -0.05) is 18.2 Å². The lowest BCUT2D eigenvalue weighted by Crippen LogP contribution is -2.24. The molecule has 0 unspecified atom stereocenters. The number of benzene rings is 2. The number of carbonyl (C=O) groups excluding carboxylic acids is 1. The van der Waals surface area contributed by atoms with E-state index in [1.807, 2.05) is 24.3 Å². The third kappa shape index (κ3) is 2.84. The van der Waals surface area contributed by atoms with Gasteiger partial charge in [0.25, 0.3) is 0 Å². The fourth-order valence-corrected chi connectivity index (χ4v) is 3.34. The summed E-state index contributed by atoms with van der Waals surface area (Å²) in [6, 6.07) is 9.43. The van der Waals surface area contributed by atoms with E-state index in [4.69, 9.17) is 18.9 Å². The average molecular weight is 343 g/mol. The van der Waals surface area contributed by atoms with Gasteiger partial charge in [0.2, 0.25) is 11.7 Å². The zero-order valence-corrected chi connectivity index (χ0v) is 14.7. The molecule has 0 spiro atoms. The van der Waals surface area contributed by atoms with Gasteiger partial charge in [-0.05, 0) is 6.07 Å². The van der Waals surface area contributed by atoms with Crippen molar-refractivity contribution in [2.45, 2.75) is 12.3 Å². The minimum atomic E-state index is -0.213. The summed E-state index contributed by atoms with van der Waals surface area (Å²) in [6.07, 6.45) is 0.291. The van der Waals surface area contributed by atoms with Crippen molar-refractivity contribution in [2.75, 3.05) is 33.8 Å². The van der Waals surface area contributed by atoms with Crippen LogP contribution in [0.1, 0.15) is 23.5 Å². The molecule has 1 heterocycles. The highest BCUT2D eigenvalue weighted by Crippen LogP contribution is 2.52. The van der Waals surface area contributed by atoms with Gasteiger partial charge in [0, 0.05) is 29.5 Å². The molecular formula is C19H21NO5. The second kappa shape index (κ2) is 6.93. The quantitative estimate of drug-likeness (QED) is 0.903. The number of anilines is 1. The number of methoxy groups -OCH3 is 4. The second-order valence-electron chi connectivity index (χ2n) is 5.65. The Morgan fingerprint density at radius 2 is 1.60 bits per heavy atom. The Morgan fingerprint density at radius 1 is 0.920 bits per heavy atom. The maximum atomic E-state index is 12.3. The Kier molecular flexibility index (Phi) is 4.70. The van der Waals surface area contributed by atoms with Crippen LogP contribution in [0.15, 0.2) is 30.3 Å². The highest BCUT2D eigenvalue weighted by molar-refractivity contribution is 5.97. The molecule has 0 aromatic heterocycles. The standard InChI is InChI=1S/C19H21NO5/c1-22-14-8-6-5-7-11(14)12-9-16(21)20-13-10-15(23-2)18(24-3)19(25-4)17(12)13/h5-8,10,12H,9H2,1-4H3,(H,20,21)/t12-/m0/s1. The number of hydrogen-bond donors (Lipinski definition) is 1. The summed E-state index contributed by atoms with van der Waals surface area (Å²) in [5.74, 6) is 1.99. The summed E-state index contributed by atoms with van der Waals surface area (Å²) in [5, 5.41) is 2.90. The Balaban J connectivity index is 2.28. The van der Waals surface area contributed by atoms with Crippen molar-refractivity contribution < 1.29 is 23.7 Å². The summed E-state index contributed by atoms with van der Waals surface area (Å²) < 4.78 is 22.0. The molecular weight excluding hydrogens is 322 g/mol. The van der Waals surface area contributed by atoms with Crippen molar-refractivity contribution >= 4 is 11.6 Å². The number of rotatable bonds is 5. The second-order valence-corrected chi connectivity index (χ2v) is 5.65. The van der Waals surface area contributed by atoms with E-state index in [-0.39, 0.29) is 11.8 Å². The van der Waals surface area contributed by atoms with Gasteiger partial charge in [-0.15, -0.1) is 0 Å². The third-order valence-electron chi connectivity index (χ3n) is 4.39. The lowest BCUT2D eigenvalue weighted by atomic mass is 9.83. The van der Waals surface area contributed by atoms with Crippen molar-refractivity contribution in [1.82, 2.24) is 0 Å². The minimum Gasteiger partial charge on any atom is -0.496 e. The largest absolute Gasteiger partial charge is 0.496 e. The molecule has 1 aliphatic rings. The molecule has 25 heavy (non-hydrogen) atoms. The van der Waals surface area contributed by atoms with Gasteiger partial charge in [0.05, 0.1) is 34.1 Å². The van der Waals surface area contributed by atoms with Crippen LogP contribution in [0.2, 0.25) is 0 Å². The van der Waals surface area contributed by atoms with Gasteiger partial charge in [-0.25, -0.2) is 0 Å². The predicted molar refractivity (Wildman–Crippen MR) is 94.2 cm³/mol. The first-order chi connectivity index (χ1) is 12.1. The van der Waals surface area contributed by atoms with Crippen molar-refractivity contribution in [2.24, 2.45) is 0 Å². The molecule has 0 radical (unpaired) electrons. The third-order valence-corrected chi connectivity index (χ3v) is 4.39. The van der Waals surface area contributed by atoms with Crippen LogP contribution in [0.25, 0.3) is 0 Å². The molecule has 2 aromatic rings. The maximum absolute atomic E-state index is 12.3. The average Bonchev–Trinajstić information content (AvgIpc) is 2.65. The molecule has 2 aromatic carbocycles. The first-order valence-electron chi connectivity index (χ1n) is 7.90. The van der Waals surface area contributed by atoms with Crippen LogP contribution in [-0.4, -0.2) is 34.3 Å². The Hall–Kier alpha value is -2.89. The van der Waals surface area contributed by atoms with E-state index in [1.165, 1.54) is 0 Å². The maximum Gasteiger partial charge on any atom is 0.225 e. The first kappa shape index (κ1) is 17.0. The van der Waals surface area contributed by atoms with Crippen LogP contribution >= 0.6 is 0 Å². The molecule has 0 saturated carbocycles. The number of hydrogen-bond acceptors (Lipinski definition) is 5. The molecule has 0 aliphatic carbocycles. The summed E-state index contributed by atoms with van der Waals surface area (Å²) in [4.78, 5) is 12.3. The SMILES string of the molecule is COc1ccccc1[C@@H]1CC(=O)Nc2cc(OC)c(OC)c(OC)c21. The molecule has 0 bridgehead atoms. The van der Waals surface area contributed by atoms with Crippen LogP contribution in [0.4, 0.5) is 5.69 Å². The summed E-state index contributed by atoms with van der Waals surface area (Å²) in [6.45, 7) is 0. The Morgan fingerprint density at radius 3 is 2.24 bits per heavy atom. The van der Waals surface area contributed by atoms with Crippen molar-refractivity contribution in [3.05, 3.63) is 41.5 Å². The van der Waals surface area contributed by atoms with Gasteiger partial charge < -0.3 is 24.3 Å². The smallest absolute Gasteiger partial charge is 0.225 e. The summed E-state index contributed by atoms with van der Waals surface area (Å²) in [5.41, 5.74) is 2.43. The fourth-order valence-electron chi connectivity index (χ4n) is 3.34. The number of ether oxygens (including phenoxy) is 4. The van der Waals surface area contributed by atoms with E-state index < -0.39 is 0 Å². The van der Waals surface area contributed by atoms with Gasteiger partial charge in [-0.3, -0.25) is 4.79 Å². The van der Waals surface area contributed by atoms with Crippen LogP contribution in [-0.2, 0) is 4.79 Å². The lowest BCUT2D eigenvalue weighted by molar-refractivity contribution is -0.116. The molecule has 132 valence electrons. The number of nitrogens with one attached hydrogen (secondary N) is 1. The molecule has 0 fully saturated rings. The summed E-state index contributed by atoms with van der Waals surface area (Å²) >= 11 is 0. The van der Waals surface area contributed by atoms with Crippen LogP contribution in [0.3, 0.4) is 0 Å². The normalized spacial score (nSPS) is 15.8. The van der Waals surface area contributed by atoms with Crippen LogP contribution < -0.4 is 24.3 Å². The molecule has 1 amide bonds. The van der Waals surface area contributed by atoms with E-state index in [0.717, 1.165) is 16.9 Å². The molecule has 3 rings (SSSR count). The van der Waals surface area contributed by atoms with Crippen LogP contribution in [0, 0.1) is 0 Å². The summed E-state index contributed by atoms with van der Waals surface area (Å²) in [7, 11) is 6.31. The zero-order chi connectivity index (χ0) is 18.0. The number of para-hydroxylation sites is 1. The zero-order valence-electron chi connectivity index (χ0n) is 14.7. The van der Waals surface area contributed by atoms with Crippen LogP contribution in [0.5, 0.6) is 23.0 Å². The van der Waals surface area contributed by atoms with Gasteiger partial charge in [0.1, 0.15) is 5.75 Å². The highest BCUT2D eigenvalue weighted by Gasteiger charge is 2.34. The van der Waals surface area contributed by atoms with Crippen molar-refractivity contribution in [3.63, 3.8) is 0 Å². The molecule has 1 atom stereocenters. The number of fused-ring (bicyclic) bond motifs is 1. The Bertz CT molecular complexity index is 803. The molecule has 6 heteroatoms. The first-order valence-corrected chi connectivity index (χ1v) is 7.90. The molecule has 6 nitrogen and oxygen atoms in total. The predicted octanol–water partition coefficient (Wildman–Crippen LogP) is 3.20. The Labute approximate surface area is 146 Å². The van der Waals surface area contributed by atoms with E-state index in [2.05, 4.69) is 5.32 Å². The monoisotopic (exact) mass is 343 g/mol.